The Hall–Kier alpha value is -1.36. The molecule has 0 saturated heterocycles. The monoisotopic (exact) mass is 390 g/mol. The van der Waals surface area contributed by atoms with Gasteiger partial charge in [-0.05, 0) is 67.9 Å². The molecule has 2 aliphatic carbocycles. The molecule has 2 fully saturated rings. The molecule has 0 amide bonds. The molecule has 2 aliphatic rings. The molecule has 2 N–H and O–H groups in total. The second-order valence-electron chi connectivity index (χ2n) is 7.66. The van der Waals surface area contributed by atoms with Crippen LogP contribution in [0.1, 0.15) is 63.4 Å². The average molecular weight is 391 g/mol. The largest absolute Gasteiger partial charge is 0.393 e. The Bertz CT molecular complexity index is 636. The average Bonchev–Trinajstić information content (AvgIpc) is 2.70. The van der Waals surface area contributed by atoms with Crippen LogP contribution in [0.25, 0.3) is 6.08 Å². The standard InChI is InChI=1S/C22H31ClN2O2/c23-19-12-10-17(11-13-19)14-18-6-4-5-9-22(18)25-27-16-21(26)15-24-20-7-2-1-3-8-20/h10-14,20-21,24,26H,1-9,15-16H2. The Labute approximate surface area is 167 Å². The normalized spacial score (nSPS) is 22.9. The number of oxime groups is 1. The summed E-state index contributed by atoms with van der Waals surface area (Å²) in [6.07, 6.45) is 12.2. The summed E-state index contributed by atoms with van der Waals surface area (Å²) >= 11 is 5.96. The van der Waals surface area contributed by atoms with Gasteiger partial charge >= 0.3 is 0 Å². The molecule has 0 heterocycles. The van der Waals surface area contributed by atoms with Crippen molar-refractivity contribution in [2.24, 2.45) is 5.16 Å². The molecule has 0 bridgehead atoms. The van der Waals surface area contributed by atoms with Crippen molar-refractivity contribution in [3.8, 4) is 0 Å². The molecule has 1 aromatic carbocycles. The van der Waals surface area contributed by atoms with E-state index >= 15 is 0 Å². The highest BCUT2D eigenvalue weighted by atomic mass is 35.5. The summed E-state index contributed by atoms with van der Waals surface area (Å²) in [5.41, 5.74) is 3.35. The molecular formula is C22H31ClN2O2. The van der Waals surface area contributed by atoms with Gasteiger partial charge in [-0.1, -0.05) is 48.2 Å². The summed E-state index contributed by atoms with van der Waals surface area (Å²) in [6, 6.07) is 8.39. The lowest BCUT2D eigenvalue weighted by Crippen LogP contribution is -2.38. The lowest BCUT2D eigenvalue weighted by atomic mass is 9.91. The molecular weight excluding hydrogens is 360 g/mol. The van der Waals surface area contributed by atoms with Gasteiger partial charge in [-0.15, -0.1) is 0 Å². The molecule has 0 radical (unpaired) electrons. The van der Waals surface area contributed by atoms with Crippen molar-refractivity contribution in [1.82, 2.24) is 5.32 Å². The zero-order valence-electron chi connectivity index (χ0n) is 16.0. The Morgan fingerprint density at radius 3 is 2.63 bits per heavy atom. The van der Waals surface area contributed by atoms with Crippen LogP contribution in [0.5, 0.6) is 0 Å². The van der Waals surface area contributed by atoms with Crippen molar-refractivity contribution in [1.29, 1.82) is 0 Å². The van der Waals surface area contributed by atoms with Gasteiger partial charge in [0.2, 0.25) is 0 Å². The summed E-state index contributed by atoms with van der Waals surface area (Å²) in [6.45, 7) is 0.806. The Balaban J connectivity index is 1.48. The summed E-state index contributed by atoms with van der Waals surface area (Å²) in [4.78, 5) is 5.50. The molecule has 1 aromatic rings. The predicted octanol–water partition coefficient (Wildman–Crippen LogP) is 4.95. The number of aliphatic hydroxyl groups excluding tert-OH is 1. The molecule has 1 unspecified atom stereocenters. The molecule has 0 spiro atoms. The van der Waals surface area contributed by atoms with E-state index in [1.54, 1.807) is 0 Å². The van der Waals surface area contributed by atoms with Gasteiger partial charge in [0.1, 0.15) is 12.7 Å². The van der Waals surface area contributed by atoms with Crippen molar-refractivity contribution in [2.45, 2.75) is 69.9 Å². The van der Waals surface area contributed by atoms with Crippen molar-refractivity contribution >= 4 is 23.4 Å². The van der Waals surface area contributed by atoms with Crippen LogP contribution < -0.4 is 5.32 Å². The Morgan fingerprint density at radius 1 is 1.11 bits per heavy atom. The van der Waals surface area contributed by atoms with Crippen LogP contribution in [0.15, 0.2) is 35.0 Å². The molecule has 1 atom stereocenters. The highest BCUT2D eigenvalue weighted by molar-refractivity contribution is 6.30. The smallest absolute Gasteiger partial charge is 0.144 e. The topological polar surface area (TPSA) is 53.8 Å². The van der Waals surface area contributed by atoms with E-state index in [-0.39, 0.29) is 6.61 Å². The highest BCUT2D eigenvalue weighted by Crippen LogP contribution is 2.24. The first kappa shape index (κ1) is 20.4. The maximum Gasteiger partial charge on any atom is 0.144 e. The minimum absolute atomic E-state index is 0.234. The lowest BCUT2D eigenvalue weighted by molar-refractivity contribution is 0.0379. The molecule has 5 heteroatoms. The molecule has 27 heavy (non-hydrogen) atoms. The van der Waals surface area contributed by atoms with Crippen molar-refractivity contribution in [3.05, 3.63) is 40.4 Å². The number of aliphatic hydroxyl groups is 1. The lowest BCUT2D eigenvalue weighted by Gasteiger charge is -2.24. The number of nitrogens with zero attached hydrogens (tertiary/aromatic N) is 1. The van der Waals surface area contributed by atoms with Crippen LogP contribution in [0.3, 0.4) is 0 Å². The van der Waals surface area contributed by atoms with Gasteiger partial charge in [0, 0.05) is 17.6 Å². The summed E-state index contributed by atoms with van der Waals surface area (Å²) in [5.74, 6) is 0. The molecule has 2 saturated carbocycles. The molecule has 3 rings (SSSR count). The van der Waals surface area contributed by atoms with Crippen LogP contribution in [0, 0.1) is 0 Å². The van der Waals surface area contributed by atoms with E-state index in [4.69, 9.17) is 16.4 Å². The van der Waals surface area contributed by atoms with Gasteiger partial charge in [0.05, 0.1) is 5.71 Å². The highest BCUT2D eigenvalue weighted by Gasteiger charge is 2.16. The van der Waals surface area contributed by atoms with E-state index in [1.165, 1.54) is 44.1 Å². The van der Waals surface area contributed by atoms with E-state index in [1.807, 2.05) is 24.3 Å². The second kappa shape index (κ2) is 10.8. The molecule has 148 valence electrons. The maximum atomic E-state index is 10.2. The van der Waals surface area contributed by atoms with Gasteiger partial charge in [-0.25, -0.2) is 0 Å². The van der Waals surface area contributed by atoms with Crippen LogP contribution in [-0.4, -0.2) is 36.1 Å². The Morgan fingerprint density at radius 2 is 1.85 bits per heavy atom. The van der Waals surface area contributed by atoms with Crippen molar-refractivity contribution in [3.63, 3.8) is 0 Å². The number of allylic oxidation sites excluding steroid dienone is 1. The number of hydrogen-bond donors (Lipinski definition) is 2. The molecule has 0 aromatic heterocycles. The first-order chi connectivity index (χ1) is 13.2. The zero-order valence-corrected chi connectivity index (χ0v) is 16.8. The van der Waals surface area contributed by atoms with E-state index in [0.29, 0.717) is 12.6 Å². The fourth-order valence-corrected chi connectivity index (χ4v) is 3.93. The van der Waals surface area contributed by atoms with E-state index in [2.05, 4.69) is 16.5 Å². The number of halogens is 1. The van der Waals surface area contributed by atoms with E-state index in [0.717, 1.165) is 35.6 Å². The Kier molecular flexibility index (Phi) is 8.18. The summed E-state index contributed by atoms with van der Waals surface area (Å²) in [7, 11) is 0. The van der Waals surface area contributed by atoms with Crippen molar-refractivity contribution < 1.29 is 9.94 Å². The molecule has 0 aliphatic heterocycles. The van der Waals surface area contributed by atoms with Crippen molar-refractivity contribution in [2.75, 3.05) is 13.2 Å². The first-order valence-electron chi connectivity index (χ1n) is 10.3. The van der Waals surface area contributed by atoms with Crippen LogP contribution in [-0.2, 0) is 4.84 Å². The fraction of sp³-hybridized carbons (Fsp3) is 0.591. The number of benzene rings is 1. The first-order valence-corrected chi connectivity index (χ1v) is 10.7. The maximum absolute atomic E-state index is 10.2. The van der Waals surface area contributed by atoms with E-state index < -0.39 is 6.10 Å². The third-order valence-corrected chi connectivity index (χ3v) is 5.63. The van der Waals surface area contributed by atoms with E-state index in [9.17, 15) is 5.11 Å². The SMILES string of the molecule is OC(CNC1CCCCC1)CON=C1CCCCC1=Cc1ccc(Cl)cc1. The van der Waals surface area contributed by atoms with Crippen LogP contribution in [0.2, 0.25) is 5.02 Å². The quantitative estimate of drug-likeness (QED) is 0.647. The van der Waals surface area contributed by atoms with Crippen LogP contribution in [0.4, 0.5) is 0 Å². The minimum Gasteiger partial charge on any atom is -0.393 e. The predicted molar refractivity (Wildman–Crippen MR) is 112 cm³/mol. The van der Waals surface area contributed by atoms with Gasteiger partial charge in [0.25, 0.3) is 0 Å². The van der Waals surface area contributed by atoms with Gasteiger partial charge in [-0.2, -0.15) is 0 Å². The van der Waals surface area contributed by atoms with Gasteiger partial charge in [0.15, 0.2) is 0 Å². The number of hydrogen-bond acceptors (Lipinski definition) is 4. The van der Waals surface area contributed by atoms with Gasteiger partial charge < -0.3 is 15.3 Å². The summed E-state index contributed by atoms with van der Waals surface area (Å²) in [5, 5.41) is 18.7. The number of rotatable bonds is 7. The van der Waals surface area contributed by atoms with Gasteiger partial charge in [-0.3, -0.25) is 0 Å². The molecule has 4 nitrogen and oxygen atoms in total. The summed E-state index contributed by atoms with van der Waals surface area (Å²) < 4.78 is 0. The zero-order chi connectivity index (χ0) is 18.9. The third kappa shape index (κ3) is 6.95. The minimum atomic E-state index is -0.524. The fourth-order valence-electron chi connectivity index (χ4n) is 3.80. The third-order valence-electron chi connectivity index (χ3n) is 5.38. The number of nitrogens with one attached hydrogen (secondary N) is 1. The van der Waals surface area contributed by atoms with Crippen LogP contribution >= 0.6 is 11.6 Å². The second-order valence-corrected chi connectivity index (χ2v) is 8.10.